The molecule has 0 fully saturated rings. The van der Waals surface area contributed by atoms with Crippen molar-refractivity contribution in [3.05, 3.63) is 12.7 Å². The molecule has 0 aliphatic rings. The molecule has 0 rings (SSSR count). The van der Waals surface area contributed by atoms with Crippen molar-refractivity contribution in [1.82, 2.24) is 4.90 Å². The van der Waals surface area contributed by atoms with Gasteiger partial charge in [-0.1, -0.05) is 6.08 Å². The zero-order valence-electron chi connectivity index (χ0n) is 9.90. The fraction of sp³-hybridized carbons (Fsp3) is 0.636. The van der Waals surface area contributed by atoms with E-state index in [4.69, 9.17) is 4.74 Å². The van der Waals surface area contributed by atoms with Gasteiger partial charge in [0.25, 0.3) is 0 Å². The van der Waals surface area contributed by atoms with Crippen molar-refractivity contribution in [3.63, 3.8) is 0 Å². The molecule has 5 nitrogen and oxygen atoms in total. The molecular formula is C11H19NO4. The summed E-state index contributed by atoms with van der Waals surface area (Å²) in [5.74, 6) is -0.591. The second-order valence-corrected chi connectivity index (χ2v) is 3.15. The first-order valence-corrected chi connectivity index (χ1v) is 5.19. The third kappa shape index (κ3) is 7.00. The first kappa shape index (κ1) is 14.6. The van der Waals surface area contributed by atoms with Crippen LogP contribution < -0.4 is 0 Å². The Morgan fingerprint density at radius 3 is 2.56 bits per heavy atom. The van der Waals surface area contributed by atoms with Gasteiger partial charge in [-0.3, -0.25) is 14.5 Å². The highest BCUT2D eigenvalue weighted by Gasteiger charge is 2.11. The van der Waals surface area contributed by atoms with Crippen molar-refractivity contribution < 1.29 is 19.1 Å². The molecule has 0 heterocycles. The van der Waals surface area contributed by atoms with Crippen molar-refractivity contribution in [2.75, 3.05) is 33.4 Å². The van der Waals surface area contributed by atoms with E-state index in [0.29, 0.717) is 19.7 Å². The number of methoxy groups -OCH3 is 1. The number of hydrogen-bond acceptors (Lipinski definition) is 5. The number of carbonyl (C=O) groups excluding carboxylic acids is 2. The van der Waals surface area contributed by atoms with E-state index in [1.54, 1.807) is 17.9 Å². The zero-order chi connectivity index (χ0) is 12.4. The highest BCUT2D eigenvalue weighted by atomic mass is 16.5. The summed E-state index contributed by atoms with van der Waals surface area (Å²) in [6.07, 6.45) is 1.93. The summed E-state index contributed by atoms with van der Waals surface area (Å²) in [4.78, 5) is 23.9. The van der Waals surface area contributed by atoms with Crippen molar-refractivity contribution in [2.24, 2.45) is 0 Å². The second kappa shape index (κ2) is 8.91. The topological polar surface area (TPSA) is 55.8 Å². The molecule has 0 aromatic rings. The predicted octanol–water partition coefficient (Wildman–Crippen LogP) is 0.601. The highest BCUT2D eigenvalue weighted by Crippen LogP contribution is 1.95. The monoisotopic (exact) mass is 229 g/mol. The van der Waals surface area contributed by atoms with E-state index in [1.165, 1.54) is 7.11 Å². The summed E-state index contributed by atoms with van der Waals surface area (Å²) >= 11 is 0. The number of nitrogens with zero attached hydrogens (tertiary/aromatic N) is 1. The minimum absolute atomic E-state index is 0.164. The fourth-order valence-electron chi connectivity index (χ4n) is 1.16. The first-order valence-electron chi connectivity index (χ1n) is 5.19. The van der Waals surface area contributed by atoms with Crippen LogP contribution in [0, 0.1) is 0 Å². The van der Waals surface area contributed by atoms with E-state index in [2.05, 4.69) is 11.3 Å². The lowest BCUT2D eigenvalue weighted by Crippen LogP contribution is -2.33. The SMILES string of the molecule is C=CCN(CCC(=O)OC)CC(=O)OCC. The van der Waals surface area contributed by atoms with E-state index in [-0.39, 0.29) is 24.9 Å². The maximum absolute atomic E-state index is 11.2. The standard InChI is InChI=1S/C11H19NO4/c1-4-7-12(8-6-10(13)15-3)9-11(14)16-5-2/h4H,1,5-9H2,2-3H3. The van der Waals surface area contributed by atoms with Gasteiger partial charge in [-0.05, 0) is 6.92 Å². The molecule has 92 valence electrons. The van der Waals surface area contributed by atoms with Crippen molar-refractivity contribution in [1.29, 1.82) is 0 Å². The molecule has 0 saturated carbocycles. The Morgan fingerprint density at radius 2 is 2.06 bits per heavy atom. The van der Waals surface area contributed by atoms with Crippen LogP contribution in [0.2, 0.25) is 0 Å². The molecule has 0 unspecified atom stereocenters. The van der Waals surface area contributed by atoms with E-state index >= 15 is 0 Å². The lowest BCUT2D eigenvalue weighted by molar-refractivity contribution is -0.146. The summed E-state index contributed by atoms with van der Waals surface area (Å²) in [7, 11) is 1.34. The Balaban J connectivity index is 4.00. The van der Waals surface area contributed by atoms with E-state index in [1.807, 2.05) is 0 Å². The minimum atomic E-state index is -0.297. The van der Waals surface area contributed by atoms with Gasteiger partial charge in [0.1, 0.15) is 0 Å². The number of rotatable bonds is 8. The molecule has 0 radical (unpaired) electrons. The van der Waals surface area contributed by atoms with Crippen LogP contribution in [0.3, 0.4) is 0 Å². The van der Waals surface area contributed by atoms with Crippen molar-refractivity contribution in [2.45, 2.75) is 13.3 Å². The van der Waals surface area contributed by atoms with E-state index in [0.717, 1.165) is 0 Å². The summed E-state index contributed by atoms with van der Waals surface area (Å²) < 4.78 is 9.34. The average molecular weight is 229 g/mol. The Kier molecular flexibility index (Phi) is 8.15. The molecule has 5 heteroatoms. The van der Waals surface area contributed by atoms with Crippen LogP contribution in [-0.2, 0) is 19.1 Å². The summed E-state index contributed by atoms with van der Waals surface area (Å²) in [6.45, 7) is 6.86. The smallest absolute Gasteiger partial charge is 0.320 e. The van der Waals surface area contributed by atoms with Crippen LogP contribution in [0.4, 0.5) is 0 Å². The van der Waals surface area contributed by atoms with Gasteiger partial charge >= 0.3 is 11.9 Å². The van der Waals surface area contributed by atoms with Gasteiger partial charge < -0.3 is 9.47 Å². The molecule has 0 bridgehead atoms. The number of ether oxygens (including phenoxy) is 2. The molecule has 0 aromatic heterocycles. The molecule has 0 aromatic carbocycles. The second-order valence-electron chi connectivity index (χ2n) is 3.15. The third-order valence-corrected chi connectivity index (χ3v) is 1.91. The van der Waals surface area contributed by atoms with Crippen LogP contribution in [0.1, 0.15) is 13.3 Å². The summed E-state index contributed by atoms with van der Waals surface area (Å²) in [6, 6.07) is 0. The third-order valence-electron chi connectivity index (χ3n) is 1.91. The minimum Gasteiger partial charge on any atom is -0.469 e. The highest BCUT2D eigenvalue weighted by molar-refractivity contribution is 5.72. The number of carbonyl (C=O) groups is 2. The lowest BCUT2D eigenvalue weighted by atomic mass is 10.3. The van der Waals surface area contributed by atoms with Crippen LogP contribution in [-0.4, -0.2) is 50.2 Å². The van der Waals surface area contributed by atoms with Crippen molar-refractivity contribution >= 4 is 11.9 Å². The van der Waals surface area contributed by atoms with Crippen LogP contribution >= 0.6 is 0 Å². The van der Waals surface area contributed by atoms with Gasteiger partial charge in [-0.2, -0.15) is 0 Å². The molecule has 0 N–H and O–H groups in total. The molecular weight excluding hydrogens is 210 g/mol. The van der Waals surface area contributed by atoms with Crippen LogP contribution in [0.15, 0.2) is 12.7 Å². The normalized spacial score (nSPS) is 9.94. The molecule has 0 amide bonds. The summed E-state index contributed by atoms with van der Waals surface area (Å²) in [5.41, 5.74) is 0. The Hall–Kier alpha value is -1.36. The van der Waals surface area contributed by atoms with Gasteiger partial charge in [0.05, 0.1) is 26.7 Å². The Bertz CT molecular complexity index is 240. The van der Waals surface area contributed by atoms with Gasteiger partial charge in [0, 0.05) is 13.1 Å². The predicted molar refractivity (Wildman–Crippen MR) is 59.9 cm³/mol. The molecule has 0 aliphatic carbocycles. The molecule has 0 atom stereocenters. The van der Waals surface area contributed by atoms with Crippen LogP contribution in [0.25, 0.3) is 0 Å². The molecule has 0 saturated heterocycles. The molecule has 16 heavy (non-hydrogen) atoms. The van der Waals surface area contributed by atoms with Gasteiger partial charge in [-0.25, -0.2) is 0 Å². The summed E-state index contributed by atoms with van der Waals surface area (Å²) in [5, 5.41) is 0. The Labute approximate surface area is 96.0 Å². The van der Waals surface area contributed by atoms with Gasteiger partial charge in [0.2, 0.25) is 0 Å². The number of esters is 2. The molecule has 0 spiro atoms. The largest absolute Gasteiger partial charge is 0.469 e. The maximum atomic E-state index is 11.2. The van der Waals surface area contributed by atoms with Crippen molar-refractivity contribution in [3.8, 4) is 0 Å². The lowest BCUT2D eigenvalue weighted by Gasteiger charge is -2.18. The fourth-order valence-corrected chi connectivity index (χ4v) is 1.16. The van der Waals surface area contributed by atoms with E-state index in [9.17, 15) is 9.59 Å². The maximum Gasteiger partial charge on any atom is 0.320 e. The van der Waals surface area contributed by atoms with Crippen LogP contribution in [0.5, 0.6) is 0 Å². The van der Waals surface area contributed by atoms with Gasteiger partial charge in [-0.15, -0.1) is 6.58 Å². The molecule has 0 aliphatic heterocycles. The zero-order valence-corrected chi connectivity index (χ0v) is 9.90. The quantitative estimate of drug-likeness (QED) is 0.450. The number of hydrogen-bond donors (Lipinski definition) is 0. The van der Waals surface area contributed by atoms with Gasteiger partial charge in [0.15, 0.2) is 0 Å². The first-order chi connectivity index (χ1) is 7.63. The van der Waals surface area contributed by atoms with E-state index < -0.39 is 0 Å². The Morgan fingerprint density at radius 1 is 1.38 bits per heavy atom. The average Bonchev–Trinajstić information content (AvgIpc) is 2.26.